The standard InChI is InChI=1S/C16H24N2O4S/c1-14-6-3-4-7-15(14)16(19)17-8-10-18(11-9-17)23(20,21)13-5-12-22-2/h3-4,6-7H,5,8-13H2,1-2H3. The molecule has 0 atom stereocenters. The van der Waals surface area contributed by atoms with Crippen molar-refractivity contribution in [2.24, 2.45) is 0 Å². The van der Waals surface area contributed by atoms with Crippen LogP contribution in [0.3, 0.4) is 0 Å². The van der Waals surface area contributed by atoms with Crippen molar-refractivity contribution in [2.75, 3.05) is 45.6 Å². The lowest BCUT2D eigenvalue weighted by atomic mass is 10.1. The van der Waals surface area contributed by atoms with E-state index >= 15 is 0 Å². The highest BCUT2D eigenvalue weighted by molar-refractivity contribution is 7.89. The summed E-state index contributed by atoms with van der Waals surface area (Å²) in [7, 11) is -1.70. The Morgan fingerprint density at radius 1 is 1.17 bits per heavy atom. The molecular formula is C16H24N2O4S. The van der Waals surface area contributed by atoms with Gasteiger partial charge in [-0.05, 0) is 25.0 Å². The maximum atomic E-state index is 12.5. The van der Waals surface area contributed by atoms with E-state index in [-0.39, 0.29) is 11.7 Å². The van der Waals surface area contributed by atoms with E-state index in [9.17, 15) is 13.2 Å². The quantitative estimate of drug-likeness (QED) is 0.728. The zero-order chi connectivity index (χ0) is 16.9. The minimum atomic E-state index is -3.26. The molecule has 1 aromatic carbocycles. The Hall–Kier alpha value is -1.44. The summed E-state index contributed by atoms with van der Waals surface area (Å²) in [6, 6.07) is 7.46. The van der Waals surface area contributed by atoms with E-state index in [0.29, 0.717) is 44.8 Å². The van der Waals surface area contributed by atoms with E-state index in [4.69, 9.17) is 4.74 Å². The highest BCUT2D eigenvalue weighted by atomic mass is 32.2. The molecule has 1 aliphatic rings. The lowest BCUT2D eigenvalue weighted by Crippen LogP contribution is -2.51. The number of rotatable bonds is 6. The van der Waals surface area contributed by atoms with Crippen LogP contribution in [0.1, 0.15) is 22.3 Å². The normalized spacial score (nSPS) is 16.5. The van der Waals surface area contributed by atoms with Crippen LogP contribution in [0.15, 0.2) is 24.3 Å². The second-order valence-corrected chi connectivity index (χ2v) is 7.76. The van der Waals surface area contributed by atoms with E-state index in [1.54, 1.807) is 12.0 Å². The molecule has 1 aromatic rings. The zero-order valence-corrected chi connectivity index (χ0v) is 14.5. The lowest BCUT2D eigenvalue weighted by Gasteiger charge is -2.34. The Balaban J connectivity index is 1.93. The van der Waals surface area contributed by atoms with E-state index in [1.807, 2.05) is 31.2 Å². The summed E-state index contributed by atoms with van der Waals surface area (Å²) in [4.78, 5) is 14.3. The number of piperazine rings is 1. The fourth-order valence-electron chi connectivity index (χ4n) is 2.67. The first kappa shape index (κ1) is 17.9. The van der Waals surface area contributed by atoms with Gasteiger partial charge in [0.25, 0.3) is 5.91 Å². The molecule has 0 aliphatic carbocycles. The summed E-state index contributed by atoms with van der Waals surface area (Å²) in [5, 5.41) is 0. The molecule has 0 spiro atoms. The van der Waals surface area contributed by atoms with Crippen LogP contribution >= 0.6 is 0 Å². The van der Waals surface area contributed by atoms with Gasteiger partial charge in [0.15, 0.2) is 0 Å². The minimum Gasteiger partial charge on any atom is -0.385 e. The van der Waals surface area contributed by atoms with Crippen LogP contribution in [0.4, 0.5) is 0 Å². The van der Waals surface area contributed by atoms with E-state index in [2.05, 4.69) is 0 Å². The van der Waals surface area contributed by atoms with Crippen molar-refractivity contribution < 1.29 is 17.9 Å². The van der Waals surface area contributed by atoms with Gasteiger partial charge in [0.2, 0.25) is 10.0 Å². The minimum absolute atomic E-state index is 0.0282. The summed E-state index contributed by atoms with van der Waals surface area (Å²) >= 11 is 0. The lowest BCUT2D eigenvalue weighted by molar-refractivity contribution is 0.0697. The van der Waals surface area contributed by atoms with Crippen LogP contribution in [0.5, 0.6) is 0 Å². The van der Waals surface area contributed by atoms with E-state index < -0.39 is 10.0 Å². The Labute approximate surface area is 138 Å². The van der Waals surface area contributed by atoms with Crippen LogP contribution in [0.2, 0.25) is 0 Å². The van der Waals surface area contributed by atoms with Crippen LogP contribution in [-0.4, -0.2) is 69.2 Å². The summed E-state index contributed by atoms with van der Waals surface area (Å²) in [6.07, 6.45) is 0.487. The molecular weight excluding hydrogens is 316 g/mol. The average Bonchev–Trinajstić information content (AvgIpc) is 2.55. The van der Waals surface area contributed by atoms with Crippen LogP contribution in [-0.2, 0) is 14.8 Å². The van der Waals surface area contributed by atoms with E-state index in [1.165, 1.54) is 4.31 Å². The number of carbonyl (C=O) groups excluding carboxylic acids is 1. The van der Waals surface area contributed by atoms with Crippen molar-refractivity contribution in [3.05, 3.63) is 35.4 Å². The maximum Gasteiger partial charge on any atom is 0.254 e. The van der Waals surface area contributed by atoms with E-state index in [0.717, 1.165) is 5.56 Å². The Morgan fingerprint density at radius 3 is 2.43 bits per heavy atom. The highest BCUT2D eigenvalue weighted by Crippen LogP contribution is 2.14. The third-order valence-electron chi connectivity index (χ3n) is 4.05. The second kappa shape index (κ2) is 7.90. The molecule has 1 fully saturated rings. The molecule has 0 bridgehead atoms. The number of aryl methyl sites for hydroxylation is 1. The molecule has 1 amide bonds. The molecule has 0 radical (unpaired) electrons. The first-order chi connectivity index (χ1) is 11.0. The Kier molecular flexibility index (Phi) is 6.15. The summed E-state index contributed by atoms with van der Waals surface area (Å²) < 4.78 is 30.8. The average molecular weight is 340 g/mol. The van der Waals surface area contributed by atoms with Crippen molar-refractivity contribution in [1.82, 2.24) is 9.21 Å². The molecule has 1 heterocycles. The smallest absolute Gasteiger partial charge is 0.254 e. The molecule has 0 unspecified atom stereocenters. The molecule has 2 rings (SSSR count). The third kappa shape index (κ3) is 4.53. The van der Waals surface area contributed by atoms with Crippen molar-refractivity contribution in [2.45, 2.75) is 13.3 Å². The number of hydrogen-bond acceptors (Lipinski definition) is 4. The van der Waals surface area contributed by atoms with Crippen LogP contribution in [0.25, 0.3) is 0 Å². The monoisotopic (exact) mass is 340 g/mol. The fraction of sp³-hybridized carbons (Fsp3) is 0.562. The Bertz CT molecular complexity index is 637. The van der Waals surface area contributed by atoms with Crippen LogP contribution in [0, 0.1) is 6.92 Å². The molecule has 23 heavy (non-hydrogen) atoms. The second-order valence-electron chi connectivity index (χ2n) is 5.67. The number of benzene rings is 1. The highest BCUT2D eigenvalue weighted by Gasteiger charge is 2.29. The first-order valence-electron chi connectivity index (χ1n) is 7.77. The summed E-state index contributed by atoms with van der Waals surface area (Å²) in [5.41, 5.74) is 1.62. The van der Waals surface area contributed by atoms with Gasteiger partial charge < -0.3 is 9.64 Å². The Morgan fingerprint density at radius 2 is 1.83 bits per heavy atom. The number of hydrogen-bond donors (Lipinski definition) is 0. The molecule has 0 N–H and O–H groups in total. The van der Waals surface area contributed by atoms with Gasteiger partial charge in [0.1, 0.15) is 0 Å². The van der Waals surface area contributed by atoms with Gasteiger partial charge in [-0.15, -0.1) is 0 Å². The maximum absolute atomic E-state index is 12.5. The van der Waals surface area contributed by atoms with Crippen molar-refractivity contribution >= 4 is 15.9 Å². The largest absolute Gasteiger partial charge is 0.385 e. The van der Waals surface area contributed by atoms with Crippen molar-refractivity contribution in [3.8, 4) is 0 Å². The molecule has 7 heteroatoms. The van der Waals surface area contributed by atoms with Gasteiger partial charge >= 0.3 is 0 Å². The third-order valence-corrected chi connectivity index (χ3v) is 6.00. The number of carbonyl (C=O) groups is 1. The van der Waals surface area contributed by atoms with Gasteiger partial charge in [0, 0.05) is 45.5 Å². The van der Waals surface area contributed by atoms with Crippen molar-refractivity contribution in [3.63, 3.8) is 0 Å². The SMILES string of the molecule is COCCCS(=O)(=O)N1CCN(C(=O)c2ccccc2C)CC1. The molecule has 0 saturated carbocycles. The first-order valence-corrected chi connectivity index (χ1v) is 9.38. The van der Waals surface area contributed by atoms with Gasteiger partial charge in [-0.25, -0.2) is 8.42 Å². The fourth-order valence-corrected chi connectivity index (χ4v) is 4.13. The summed E-state index contributed by atoms with van der Waals surface area (Å²) in [5.74, 6) is 0.0616. The van der Waals surface area contributed by atoms with Crippen molar-refractivity contribution in [1.29, 1.82) is 0 Å². The molecule has 128 valence electrons. The molecule has 1 aliphatic heterocycles. The van der Waals surface area contributed by atoms with Crippen LogP contribution < -0.4 is 0 Å². The summed E-state index contributed by atoms with van der Waals surface area (Å²) in [6.45, 7) is 3.90. The van der Waals surface area contributed by atoms with Gasteiger partial charge in [0.05, 0.1) is 5.75 Å². The number of sulfonamides is 1. The van der Waals surface area contributed by atoms with Gasteiger partial charge in [-0.3, -0.25) is 4.79 Å². The number of nitrogens with zero attached hydrogens (tertiary/aromatic N) is 2. The predicted octanol–water partition coefficient (Wildman–Crippen LogP) is 1.12. The molecule has 6 nitrogen and oxygen atoms in total. The predicted molar refractivity (Wildman–Crippen MR) is 88.9 cm³/mol. The van der Waals surface area contributed by atoms with Gasteiger partial charge in [-0.2, -0.15) is 4.31 Å². The zero-order valence-electron chi connectivity index (χ0n) is 13.7. The molecule has 1 saturated heterocycles. The number of amides is 1. The number of methoxy groups -OCH3 is 1. The van der Waals surface area contributed by atoms with Gasteiger partial charge in [-0.1, -0.05) is 18.2 Å². The topological polar surface area (TPSA) is 66.9 Å². The number of ether oxygens (including phenoxy) is 1. The molecule has 0 aromatic heterocycles.